The van der Waals surface area contributed by atoms with E-state index in [1.807, 2.05) is 0 Å². The molecule has 1 aromatic carbocycles. The molecule has 0 bridgehead atoms. The molecular weight excluding hydrogens is 238 g/mol. The molecule has 0 radical (unpaired) electrons. The molecule has 0 aliphatic heterocycles. The summed E-state index contributed by atoms with van der Waals surface area (Å²) >= 11 is 0. The zero-order chi connectivity index (χ0) is 12.5. The molecule has 0 unspecified atom stereocenters. The van der Waals surface area contributed by atoms with E-state index in [9.17, 15) is 8.42 Å². The highest BCUT2D eigenvalue weighted by atomic mass is 32.2. The van der Waals surface area contributed by atoms with Gasteiger partial charge in [0.15, 0.2) is 9.84 Å². The Morgan fingerprint density at radius 2 is 1.94 bits per heavy atom. The summed E-state index contributed by atoms with van der Waals surface area (Å²) in [4.78, 5) is 0.301. The molecule has 6 heteroatoms. The van der Waals surface area contributed by atoms with Crippen LogP contribution in [0, 0.1) is 0 Å². The van der Waals surface area contributed by atoms with Crippen molar-refractivity contribution in [2.24, 2.45) is 5.73 Å². The summed E-state index contributed by atoms with van der Waals surface area (Å²) in [6.45, 7) is 0.389. The third kappa shape index (κ3) is 2.37. The number of H-pyrrole nitrogens is 1. The molecule has 3 N–H and O–H groups in total. The minimum absolute atomic E-state index is 0.301. The van der Waals surface area contributed by atoms with Crippen molar-refractivity contribution in [1.29, 1.82) is 0 Å². The van der Waals surface area contributed by atoms with Gasteiger partial charge in [-0.25, -0.2) is 8.42 Å². The van der Waals surface area contributed by atoms with Crippen molar-refractivity contribution < 1.29 is 8.42 Å². The van der Waals surface area contributed by atoms with Gasteiger partial charge in [0.25, 0.3) is 0 Å². The van der Waals surface area contributed by atoms with Crippen molar-refractivity contribution in [3.63, 3.8) is 0 Å². The molecule has 0 spiro atoms. The van der Waals surface area contributed by atoms with Gasteiger partial charge in [-0.15, -0.1) is 0 Å². The Hall–Kier alpha value is -1.66. The molecular formula is C11H13N3O2S. The Morgan fingerprint density at radius 3 is 2.47 bits per heavy atom. The Labute approximate surface area is 99.6 Å². The Balaban J connectivity index is 2.43. The van der Waals surface area contributed by atoms with E-state index in [4.69, 9.17) is 5.73 Å². The van der Waals surface area contributed by atoms with Gasteiger partial charge in [-0.1, -0.05) is 12.1 Å². The monoisotopic (exact) mass is 251 g/mol. The largest absolute Gasteiger partial charge is 0.326 e. The third-order valence-corrected chi connectivity index (χ3v) is 3.64. The highest BCUT2D eigenvalue weighted by Gasteiger charge is 2.09. The van der Waals surface area contributed by atoms with Gasteiger partial charge in [-0.3, -0.25) is 5.10 Å². The van der Waals surface area contributed by atoms with Crippen molar-refractivity contribution >= 4 is 9.84 Å². The molecule has 17 heavy (non-hydrogen) atoms. The van der Waals surface area contributed by atoms with E-state index in [1.54, 1.807) is 30.5 Å². The van der Waals surface area contributed by atoms with Crippen LogP contribution in [-0.4, -0.2) is 24.9 Å². The van der Waals surface area contributed by atoms with E-state index in [0.717, 1.165) is 16.8 Å². The highest BCUT2D eigenvalue weighted by molar-refractivity contribution is 7.90. The van der Waals surface area contributed by atoms with E-state index < -0.39 is 9.84 Å². The molecule has 0 saturated heterocycles. The van der Waals surface area contributed by atoms with E-state index in [0.29, 0.717) is 11.4 Å². The molecule has 0 saturated carbocycles. The maximum Gasteiger partial charge on any atom is 0.175 e. The molecule has 1 heterocycles. The van der Waals surface area contributed by atoms with Crippen molar-refractivity contribution in [3.05, 3.63) is 36.0 Å². The summed E-state index contributed by atoms with van der Waals surface area (Å²) in [6, 6.07) is 6.63. The first-order chi connectivity index (χ1) is 8.02. The Kier molecular flexibility index (Phi) is 2.99. The minimum Gasteiger partial charge on any atom is -0.326 e. The van der Waals surface area contributed by atoms with Crippen LogP contribution < -0.4 is 5.73 Å². The maximum atomic E-state index is 11.3. The van der Waals surface area contributed by atoms with Gasteiger partial charge in [-0.2, -0.15) is 5.10 Å². The number of hydrogen-bond donors (Lipinski definition) is 2. The number of benzene rings is 1. The van der Waals surface area contributed by atoms with Crippen LogP contribution >= 0.6 is 0 Å². The number of nitrogens with two attached hydrogens (primary N) is 1. The molecule has 5 nitrogen and oxygen atoms in total. The minimum atomic E-state index is -3.15. The average Bonchev–Trinajstić information content (AvgIpc) is 2.76. The van der Waals surface area contributed by atoms with Gasteiger partial charge >= 0.3 is 0 Å². The first kappa shape index (κ1) is 11.8. The summed E-state index contributed by atoms with van der Waals surface area (Å²) in [7, 11) is -3.15. The van der Waals surface area contributed by atoms with Crippen LogP contribution in [0.3, 0.4) is 0 Å². The molecule has 0 atom stereocenters. The third-order valence-electron chi connectivity index (χ3n) is 2.51. The molecule has 2 aromatic rings. The number of hydrogen-bond acceptors (Lipinski definition) is 4. The summed E-state index contributed by atoms with van der Waals surface area (Å²) in [5.41, 5.74) is 8.17. The van der Waals surface area contributed by atoms with Crippen LogP contribution in [0.25, 0.3) is 11.3 Å². The lowest BCUT2D eigenvalue weighted by atomic mass is 10.1. The fourth-order valence-electron chi connectivity index (χ4n) is 1.58. The van der Waals surface area contributed by atoms with Crippen LogP contribution in [0.5, 0.6) is 0 Å². The Morgan fingerprint density at radius 1 is 1.29 bits per heavy atom. The first-order valence-corrected chi connectivity index (χ1v) is 6.94. The van der Waals surface area contributed by atoms with Gasteiger partial charge in [0.1, 0.15) is 0 Å². The molecule has 1 aromatic heterocycles. The lowest BCUT2D eigenvalue weighted by Crippen LogP contribution is -1.98. The van der Waals surface area contributed by atoms with Gasteiger partial charge in [0.05, 0.1) is 16.8 Å². The van der Waals surface area contributed by atoms with Gasteiger partial charge in [0.2, 0.25) is 0 Å². The number of sulfone groups is 1. The number of rotatable bonds is 3. The molecule has 0 amide bonds. The summed E-state index contributed by atoms with van der Waals surface area (Å²) < 4.78 is 22.6. The lowest BCUT2D eigenvalue weighted by Gasteiger charge is -2.03. The number of aromatic amines is 1. The molecule has 0 fully saturated rings. The summed E-state index contributed by atoms with van der Waals surface area (Å²) in [5, 5.41) is 6.77. The number of nitrogens with one attached hydrogen (secondary N) is 1. The quantitative estimate of drug-likeness (QED) is 0.849. The van der Waals surface area contributed by atoms with E-state index in [-0.39, 0.29) is 0 Å². The van der Waals surface area contributed by atoms with Gasteiger partial charge in [-0.05, 0) is 17.7 Å². The first-order valence-electron chi connectivity index (χ1n) is 5.05. The van der Waals surface area contributed by atoms with Crippen molar-refractivity contribution in [2.75, 3.05) is 6.26 Å². The van der Waals surface area contributed by atoms with Crippen LogP contribution in [0.15, 0.2) is 35.4 Å². The summed E-state index contributed by atoms with van der Waals surface area (Å²) in [5.74, 6) is 0. The van der Waals surface area contributed by atoms with Crippen molar-refractivity contribution in [3.8, 4) is 11.3 Å². The molecule has 0 aliphatic rings. The van der Waals surface area contributed by atoms with Crippen LogP contribution in [0.1, 0.15) is 5.56 Å². The number of nitrogens with zero attached hydrogens (tertiary/aromatic N) is 1. The van der Waals surface area contributed by atoms with Crippen molar-refractivity contribution in [2.45, 2.75) is 11.4 Å². The second kappa shape index (κ2) is 4.31. The normalized spacial score (nSPS) is 11.6. The van der Waals surface area contributed by atoms with Crippen LogP contribution in [-0.2, 0) is 16.4 Å². The lowest BCUT2D eigenvalue weighted by molar-refractivity contribution is 0.602. The van der Waals surface area contributed by atoms with Gasteiger partial charge in [0, 0.05) is 18.4 Å². The van der Waals surface area contributed by atoms with Crippen LogP contribution in [0.4, 0.5) is 0 Å². The fourth-order valence-corrected chi connectivity index (χ4v) is 2.22. The highest BCUT2D eigenvalue weighted by Crippen LogP contribution is 2.22. The SMILES string of the molecule is CS(=O)(=O)c1ccc(-c2[nH]ncc2CN)cc1. The average molecular weight is 251 g/mol. The second-order valence-corrected chi connectivity index (χ2v) is 5.79. The van der Waals surface area contributed by atoms with E-state index in [2.05, 4.69) is 10.2 Å². The summed E-state index contributed by atoms with van der Waals surface area (Å²) in [6.07, 6.45) is 2.85. The smallest absolute Gasteiger partial charge is 0.175 e. The zero-order valence-electron chi connectivity index (χ0n) is 9.34. The van der Waals surface area contributed by atoms with Crippen molar-refractivity contribution in [1.82, 2.24) is 10.2 Å². The second-order valence-electron chi connectivity index (χ2n) is 3.77. The van der Waals surface area contributed by atoms with Gasteiger partial charge < -0.3 is 5.73 Å². The molecule has 2 rings (SSSR count). The predicted molar refractivity (Wildman–Crippen MR) is 65.0 cm³/mol. The molecule has 90 valence electrons. The topological polar surface area (TPSA) is 88.8 Å². The maximum absolute atomic E-state index is 11.3. The molecule has 0 aliphatic carbocycles. The standard InChI is InChI=1S/C11H13N3O2S/c1-17(15,16)10-4-2-8(3-5-10)11-9(6-12)7-13-14-11/h2-5,7H,6,12H2,1H3,(H,13,14). The Bertz CT molecular complexity index is 614. The van der Waals surface area contributed by atoms with E-state index in [1.165, 1.54) is 6.26 Å². The fraction of sp³-hybridized carbons (Fsp3) is 0.182. The zero-order valence-corrected chi connectivity index (χ0v) is 10.2. The number of aromatic nitrogens is 2. The van der Waals surface area contributed by atoms with E-state index >= 15 is 0 Å². The predicted octanol–water partition coefficient (Wildman–Crippen LogP) is 0.939. The van der Waals surface area contributed by atoms with Crippen LogP contribution in [0.2, 0.25) is 0 Å².